The number of anilines is 1. The highest BCUT2D eigenvalue weighted by Crippen LogP contribution is 2.26. The van der Waals surface area contributed by atoms with Crippen molar-refractivity contribution in [2.24, 2.45) is 7.05 Å². The monoisotopic (exact) mass is 297 g/mol. The van der Waals surface area contributed by atoms with E-state index in [2.05, 4.69) is 10.1 Å². The first-order valence-corrected chi connectivity index (χ1v) is 8.54. The number of nitrogen functional groups attached to an aromatic ring is 1. The molecule has 1 aliphatic heterocycles. The number of hydrogen-bond acceptors (Lipinski definition) is 5. The van der Waals surface area contributed by atoms with Crippen molar-refractivity contribution in [1.82, 2.24) is 19.3 Å². The van der Waals surface area contributed by atoms with Crippen LogP contribution >= 0.6 is 0 Å². The van der Waals surface area contributed by atoms with Crippen molar-refractivity contribution in [1.29, 1.82) is 0 Å². The molecular formula is C12H19N5O2S. The lowest BCUT2D eigenvalue weighted by atomic mass is 10.2. The molecule has 0 spiro atoms. The van der Waals surface area contributed by atoms with Crippen molar-refractivity contribution < 1.29 is 8.42 Å². The van der Waals surface area contributed by atoms with E-state index in [4.69, 9.17) is 5.73 Å². The predicted molar refractivity (Wildman–Crippen MR) is 77.1 cm³/mol. The Balaban J connectivity index is 2.08. The Bertz CT molecular complexity index is 758. The predicted octanol–water partition coefficient (Wildman–Crippen LogP) is 0.492. The van der Waals surface area contributed by atoms with E-state index in [1.54, 1.807) is 9.25 Å². The van der Waals surface area contributed by atoms with Crippen LogP contribution in [0.5, 0.6) is 0 Å². The van der Waals surface area contributed by atoms with Crippen LogP contribution in [0.25, 0.3) is 11.2 Å². The Morgan fingerprint density at radius 3 is 2.80 bits per heavy atom. The largest absolute Gasteiger partial charge is 0.369 e. The molecule has 1 saturated heterocycles. The standard InChI is InChI=1S/C12H19N5O2S/c1-3-9-10-11(16(2)15-9)17(12(13)14-10)7-8-5-4-6-20(8,18)19/h8H,3-7H2,1-2H3,(H2,13,14). The summed E-state index contributed by atoms with van der Waals surface area (Å²) in [5.74, 6) is 0.644. The fourth-order valence-corrected chi connectivity index (χ4v) is 4.75. The SMILES string of the molecule is CCc1nn(C)c2c1nc(N)n2CC1CCCS1(=O)=O. The molecule has 3 rings (SSSR count). The third kappa shape index (κ3) is 1.90. The zero-order chi connectivity index (χ0) is 14.5. The quantitative estimate of drug-likeness (QED) is 0.889. The molecule has 1 fully saturated rings. The molecule has 8 heteroatoms. The summed E-state index contributed by atoms with van der Waals surface area (Å²) < 4.78 is 27.5. The Morgan fingerprint density at radius 2 is 2.20 bits per heavy atom. The molecule has 2 aromatic rings. The molecule has 0 saturated carbocycles. The zero-order valence-electron chi connectivity index (χ0n) is 11.7. The fourth-order valence-electron chi connectivity index (χ4n) is 2.94. The maximum Gasteiger partial charge on any atom is 0.202 e. The smallest absolute Gasteiger partial charge is 0.202 e. The number of rotatable bonds is 3. The van der Waals surface area contributed by atoms with Gasteiger partial charge in [-0.05, 0) is 19.3 Å². The van der Waals surface area contributed by atoms with E-state index >= 15 is 0 Å². The summed E-state index contributed by atoms with van der Waals surface area (Å²) in [5.41, 5.74) is 8.45. The van der Waals surface area contributed by atoms with Gasteiger partial charge in [0.15, 0.2) is 15.5 Å². The molecule has 0 radical (unpaired) electrons. The average molecular weight is 297 g/mol. The van der Waals surface area contributed by atoms with Gasteiger partial charge in [-0.25, -0.2) is 13.4 Å². The Labute approximate surface area is 117 Å². The molecule has 0 aromatic carbocycles. The highest BCUT2D eigenvalue weighted by Gasteiger charge is 2.33. The van der Waals surface area contributed by atoms with E-state index in [0.717, 1.165) is 29.7 Å². The van der Waals surface area contributed by atoms with Gasteiger partial charge in [0.25, 0.3) is 0 Å². The maximum atomic E-state index is 12.0. The molecule has 0 aliphatic carbocycles. The van der Waals surface area contributed by atoms with Crippen LogP contribution in [0.4, 0.5) is 5.95 Å². The molecular weight excluding hydrogens is 278 g/mol. The van der Waals surface area contributed by atoms with Gasteiger partial charge < -0.3 is 5.73 Å². The molecule has 1 atom stereocenters. The number of aryl methyl sites for hydroxylation is 2. The Morgan fingerprint density at radius 1 is 1.45 bits per heavy atom. The molecule has 2 aromatic heterocycles. The van der Waals surface area contributed by atoms with Crippen LogP contribution in [0.15, 0.2) is 0 Å². The minimum Gasteiger partial charge on any atom is -0.369 e. The van der Waals surface area contributed by atoms with Crippen LogP contribution in [0.2, 0.25) is 0 Å². The third-order valence-corrected chi connectivity index (χ3v) is 6.26. The van der Waals surface area contributed by atoms with Crippen molar-refractivity contribution in [3.05, 3.63) is 5.69 Å². The summed E-state index contributed by atoms with van der Waals surface area (Å²) in [5, 5.41) is 4.05. The van der Waals surface area contributed by atoms with Crippen molar-refractivity contribution in [3.8, 4) is 0 Å². The number of hydrogen-bond donors (Lipinski definition) is 1. The molecule has 3 heterocycles. The van der Waals surface area contributed by atoms with Gasteiger partial charge in [-0.3, -0.25) is 9.25 Å². The van der Waals surface area contributed by atoms with Gasteiger partial charge in [0.1, 0.15) is 5.52 Å². The number of nitrogens with zero attached hydrogens (tertiary/aromatic N) is 4. The molecule has 7 nitrogen and oxygen atoms in total. The van der Waals surface area contributed by atoms with E-state index in [1.807, 2.05) is 14.0 Å². The average Bonchev–Trinajstić information content (AvgIpc) is 2.97. The zero-order valence-corrected chi connectivity index (χ0v) is 12.5. The van der Waals surface area contributed by atoms with E-state index in [0.29, 0.717) is 18.9 Å². The molecule has 20 heavy (non-hydrogen) atoms. The third-order valence-electron chi connectivity index (χ3n) is 4.00. The minimum absolute atomic E-state index is 0.279. The maximum absolute atomic E-state index is 12.0. The topological polar surface area (TPSA) is 95.8 Å². The first kappa shape index (κ1) is 13.4. The van der Waals surface area contributed by atoms with Gasteiger partial charge >= 0.3 is 0 Å². The van der Waals surface area contributed by atoms with Crippen molar-refractivity contribution >= 4 is 26.9 Å². The van der Waals surface area contributed by atoms with E-state index < -0.39 is 9.84 Å². The van der Waals surface area contributed by atoms with Crippen molar-refractivity contribution in [3.63, 3.8) is 0 Å². The fraction of sp³-hybridized carbons (Fsp3) is 0.667. The summed E-state index contributed by atoms with van der Waals surface area (Å²) in [4.78, 5) is 4.36. The summed E-state index contributed by atoms with van der Waals surface area (Å²) in [6.45, 7) is 2.38. The second kappa shape index (κ2) is 4.47. The number of aromatic nitrogens is 4. The highest BCUT2D eigenvalue weighted by molar-refractivity contribution is 7.92. The highest BCUT2D eigenvalue weighted by atomic mass is 32.2. The van der Waals surface area contributed by atoms with Crippen LogP contribution in [-0.4, -0.2) is 38.8 Å². The Hall–Kier alpha value is -1.57. The summed E-state index contributed by atoms with van der Waals surface area (Å²) in [6, 6.07) is 0. The van der Waals surface area contributed by atoms with Gasteiger partial charge in [-0.1, -0.05) is 6.92 Å². The van der Waals surface area contributed by atoms with Crippen LogP contribution in [0.1, 0.15) is 25.5 Å². The Kier molecular flexibility index (Phi) is 3.00. The van der Waals surface area contributed by atoms with Gasteiger partial charge in [0.05, 0.1) is 16.7 Å². The van der Waals surface area contributed by atoms with Crippen LogP contribution in [0.3, 0.4) is 0 Å². The van der Waals surface area contributed by atoms with E-state index in [-0.39, 0.29) is 11.0 Å². The van der Waals surface area contributed by atoms with Crippen molar-refractivity contribution in [2.75, 3.05) is 11.5 Å². The van der Waals surface area contributed by atoms with Gasteiger partial charge in [-0.2, -0.15) is 5.10 Å². The van der Waals surface area contributed by atoms with E-state index in [9.17, 15) is 8.42 Å². The van der Waals surface area contributed by atoms with Crippen LogP contribution in [0, 0.1) is 0 Å². The first-order valence-electron chi connectivity index (χ1n) is 6.83. The molecule has 0 bridgehead atoms. The van der Waals surface area contributed by atoms with Crippen LogP contribution < -0.4 is 5.73 Å². The lowest BCUT2D eigenvalue weighted by Crippen LogP contribution is -2.23. The summed E-state index contributed by atoms with van der Waals surface area (Å²) in [7, 11) is -1.16. The molecule has 1 unspecified atom stereocenters. The lowest BCUT2D eigenvalue weighted by Gasteiger charge is -2.12. The molecule has 110 valence electrons. The molecule has 2 N–H and O–H groups in total. The number of sulfone groups is 1. The summed E-state index contributed by atoms with van der Waals surface area (Å²) >= 11 is 0. The van der Waals surface area contributed by atoms with Gasteiger partial charge in [0.2, 0.25) is 5.95 Å². The second-order valence-electron chi connectivity index (χ2n) is 5.31. The van der Waals surface area contributed by atoms with Crippen molar-refractivity contribution in [2.45, 2.75) is 38.0 Å². The molecule has 1 aliphatic rings. The van der Waals surface area contributed by atoms with Gasteiger partial charge in [-0.15, -0.1) is 0 Å². The minimum atomic E-state index is -2.99. The lowest BCUT2D eigenvalue weighted by molar-refractivity contribution is 0.567. The summed E-state index contributed by atoms with van der Waals surface area (Å²) in [6.07, 6.45) is 2.20. The normalized spacial score (nSPS) is 21.8. The van der Waals surface area contributed by atoms with E-state index in [1.165, 1.54) is 0 Å². The molecule has 0 amide bonds. The second-order valence-corrected chi connectivity index (χ2v) is 7.71. The number of imidazole rings is 1. The van der Waals surface area contributed by atoms with Crippen LogP contribution in [-0.2, 0) is 29.9 Å². The van der Waals surface area contributed by atoms with Gasteiger partial charge in [0, 0.05) is 13.6 Å². The number of fused-ring (bicyclic) bond motifs is 1. The number of nitrogens with two attached hydrogens (primary N) is 1. The first-order chi connectivity index (χ1) is 9.44.